The van der Waals surface area contributed by atoms with Crippen LogP contribution in [0.2, 0.25) is 5.02 Å². The number of benzene rings is 1. The lowest BCUT2D eigenvalue weighted by Gasteiger charge is -2.12. The summed E-state index contributed by atoms with van der Waals surface area (Å²) in [6, 6.07) is 3.84. The highest BCUT2D eigenvalue weighted by molar-refractivity contribution is 7.84. The summed E-state index contributed by atoms with van der Waals surface area (Å²) in [5.74, 6) is -2.01. The molecular weight excluding hydrogens is 375 g/mol. The predicted octanol–water partition coefficient (Wildman–Crippen LogP) is 0.933. The third kappa shape index (κ3) is 4.23. The van der Waals surface area contributed by atoms with Crippen LogP contribution in [0.3, 0.4) is 0 Å². The third-order valence-electron chi connectivity index (χ3n) is 3.39. The minimum Gasteiger partial charge on any atom is -0.480 e. The van der Waals surface area contributed by atoms with Gasteiger partial charge in [-0.05, 0) is 6.07 Å². The maximum Gasteiger partial charge on any atom is 0.331 e. The summed E-state index contributed by atoms with van der Waals surface area (Å²) in [6.07, 6.45) is 2.45. The van der Waals surface area contributed by atoms with Gasteiger partial charge in [0.05, 0.1) is 10.6 Å². The van der Waals surface area contributed by atoms with Crippen molar-refractivity contribution in [3.63, 3.8) is 0 Å². The first-order chi connectivity index (χ1) is 11.7. The number of halogens is 2. The van der Waals surface area contributed by atoms with E-state index in [0.717, 1.165) is 21.4 Å². The number of carbonyl (C=O) groups is 1. The summed E-state index contributed by atoms with van der Waals surface area (Å²) in [5.41, 5.74) is -1.69. The topological polar surface area (TPSA) is 98.4 Å². The maximum atomic E-state index is 13.7. The number of rotatable bonds is 6. The smallest absolute Gasteiger partial charge is 0.331 e. The summed E-state index contributed by atoms with van der Waals surface area (Å²) >= 11 is 5.90. The van der Waals surface area contributed by atoms with Crippen molar-refractivity contribution in [2.45, 2.75) is 13.1 Å². The van der Waals surface area contributed by atoms with E-state index in [1.165, 1.54) is 18.4 Å². The maximum absolute atomic E-state index is 13.7. The molecule has 0 aliphatic carbocycles. The van der Waals surface area contributed by atoms with Crippen LogP contribution in [-0.2, 0) is 28.7 Å². The molecule has 0 aliphatic heterocycles. The highest BCUT2D eigenvalue weighted by Gasteiger charge is 2.18. The van der Waals surface area contributed by atoms with Crippen molar-refractivity contribution in [1.82, 2.24) is 9.13 Å². The van der Waals surface area contributed by atoms with E-state index in [9.17, 15) is 23.0 Å². The molecule has 1 heterocycles. The van der Waals surface area contributed by atoms with Crippen molar-refractivity contribution in [2.75, 3.05) is 12.0 Å². The van der Waals surface area contributed by atoms with Crippen LogP contribution in [0.15, 0.2) is 34.0 Å². The van der Waals surface area contributed by atoms with Gasteiger partial charge in [0.15, 0.2) is 0 Å². The van der Waals surface area contributed by atoms with Gasteiger partial charge in [-0.2, -0.15) is 0 Å². The molecule has 0 amide bonds. The van der Waals surface area contributed by atoms with Crippen molar-refractivity contribution >= 4 is 28.4 Å². The van der Waals surface area contributed by atoms with Gasteiger partial charge < -0.3 is 5.11 Å². The monoisotopic (exact) mass is 388 g/mol. The summed E-state index contributed by atoms with van der Waals surface area (Å²) in [7, 11) is -1.27. The molecule has 0 radical (unpaired) electrons. The standard InChI is InChI=1S/C15H14ClFN2O5S/c1-25(24)6-5-19-14(22)10(7-18(15(19)23)8-12(20)21)9-3-2-4-11(17)13(9)16/h2-4,7H,5-6,8H2,1H3,(H,20,21). The molecule has 0 fully saturated rings. The summed E-state index contributed by atoms with van der Waals surface area (Å²) < 4.78 is 26.6. The number of aliphatic carboxylic acids is 1. The van der Waals surface area contributed by atoms with E-state index in [2.05, 4.69) is 0 Å². The van der Waals surface area contributed by atoms with Gasteiger partial charge in [-0.25, -0.2) is 9.18 Å². The summed E-state index contributed by atoms with van der Waals surface area (Å²) in [5, 5.41) is 8.63. The van der Waals surface area contributed by atoms with Crippen LogP contribution >= 0.6 is 11.6 Å². The molecule has 134 valence electrons. The van der Waals surface area contributed by atoms with Crippen LogP contribution in [0, 0.1) is 5.82 Å². The number of hydrogen-bond donors (Lipinski definition) is 1. The lowest BCUT2D eigenvalue weighted by molar-refractivity contribution is -0.137. The number of carboxylic acids is 1. The third-order valence-corrected chi connectivity index (χ3v) is 4.53. The molecule has 10 heteroatoms. The van der Waals surface area contributed by atoms with Crippen molar-refractivity contribution in [1.29, 1.82) is 0 Å². The quantitative estimate of drug-likeness (QED) is 0.793. The molecule has 1 atom stereocenters. The summed E-state index contributed by atoms with van der Waals surface area (Å²) in [6.45, 7) is -0.852. The van der Waals surface area contributed by atoms with E-state index in [0.29, 0.717) is 0 Å². The van der Waals surface area contributed by atoms with Crippen LogP contribution in [-0.4, -0.2) is 36.4 Å². The normalized spacial score (nSPS) is 12.1. The molecule has 25 heavy (non-hydrogen) atoms. The first-order valence-electron chi connectivity index (χ1n) is 7.03. The van der Waals surface area contributed by atoms with Gasteiger partial charge in [-0.15, -0.1) is 0 Å². The first kappa shape index (κ1) is 19.1. The van der Waals surface area contributed by atoms with E-state index in [-0.39, 0.29) is 28.4 Å². The second-order valence-corrected chi connectivity index (χ2v) is 7.12. The fourth-order valence-corrected chi connectivity index (χ4v) is 2.89. The predicted molar refractivity (Wildman–Crippen MR) is 91.9 cm³/mol. The second kappa shape index (κ2) is 7.75. The first-order valence-corrected chi connectivity index (χ1v) is 9.13. The largest absolute Gasteiger partial charge is 0.480 e. The average Bonchev–Trinajstić information content (AvgIpc) is 2.52. The van der Waals surface area contributed by atoms with E-state index in [1.807, 2.05) is 0 Å². The Bertz CT molecular complexity index is 969. The Balaban J connectivity index is 2.75. The van der Waals surface area contributed by atoms with Crippen molar-refractivity contribution in [3.8, 4) is 11.1 Å². The number of aromatic nitrogens is 2. The zero-order valence-electron chi connectivity index (χ0n) is 13.1. The molecular formula is C15H14ClFN2O5S. The van der Waals surface area contributed by atoms with Crippen LogP contribution < -0.4 is 11.2 Å². The van der Waals surface area contributed by atoms with Gasteiger partial charge >= 0.3 is 11.7 Å². The van der Waals surface area contributed by atoms with Crippen LogP contribution in [0.1, 0.15) is 0 Å². The zero-order valence-corrected chi connectivity index (χ0v) is 14.6. The number of hydrogen-bond acceptors (Lipinski definition) is 4. The van der Waals surface area contributed by atoms with Crippen LogP contribution in [0.25, 0.3) is 11.1 Å². The average molecular weight is 389 g/mol. The molecule has 2 rings (SSSR count). The van der Waals surface area contributed by atoms with Crippen LogP contribution in [0.4, 0.5) is 4.39 Å². The molecule has 2 aromatic rings. The Hall–Kier alpha value is -2.26. The lowest BCUT2D eigenvalue weighted by atomic mass is 10.1. The number of nitrogens with zero attached hydrogens (tertiary/aromatic N) is 2. The zero-order chi connectivity index (χ0) is 18.7. The lowest BCUT2D eigenvalue weighted by Crippen LogP contribution is -2.42. The Morgan fingerprint density at radius 2 is 2.00 bits per heavy atom. The van der Waals surface area contributed by atoms with E-state index >= 15 is 0 Å². The van der Waals surface area contributed by atoms with Gasteiger partial charge in [0.2, 0.25) is 0 Å². The van der Waals surface area contributed by atoms with E-state index in [4.69, 9.17) is 16.7 Å². The molecule has 0 saturated heterocycles. The van der Waals surface area contributed by atoms with E-state index < -0.39 is 40.4 Å². The second-order valence-electron chi connectivity index (χ2n) is 5.18. The molecule has 0 saturated carbocycles. The molecule has 1 aromatic heterocycles. The van der Waals surface area contributed by atoms with Gasteiger partial charge in [-0.3, -0.25) is 22.9 Å². The van der Waals surface area contributed by atoms with Gasteiger partial charge in [0, 0.05) is 41.1 Å². The van der Waals surface area contributed by atoms with Crippen LogP contribution in [0.5, 0.6) is 0 Å². The molecule has 0 bridgehead atoms. The fourth-order valence-electron chi connectivity index (χ4n) is 2.23. The molecule has 0 aliphatic rings. The Labute approximate surface area is 148 Å². The molecule has 1 aromatic carbocycles. The van der Waals surface area contributed by atoms with Crippen molar-refractivity contribution < 1.29 is 18.5 Å². The van der Waals surface area contributed by atoms with Gasteiger partial charge in [0.1, 0.15) is 12.4 Å². The molecule has 0 spiro atoms. The Morgan fingerprint density at radius 3 is 2.60 bits per heavy atom. The summed E-state index contributed by atoms with van der Waals surface area (Å²) in [4.78, 5) is 35.9. The van der Waals surface area contributed by atoms with Crippen molar-refractivity contribution in [2.24, 2.45) is 0 Å². The SMILES string of the molecule is CS(=O)CCn1c(=O)c(-c2cccc(F)c2Cl)cn(CC(=O)O)c1=O. The number of carboxylic acid groups (broad SMARTS) is 1. The highest BCUT2D eigenvalue weighted by Crippen LogP contribution is 2.27. The molecule has 7 nitrogen and oxygen atoms in total. The minimum atomic E-state index is -1.29. The van der Waals surface area contributed by atoms with Gasteiger partial charge in [0.25, 0.3) is 5.56 Å². The van der Waals surface area contributed by atoms with Gasteiger partial charge in [-0.1, -0.05) is 23.7 Å². The Kier molecular flexibility index (Phi) is 5.91. The molecule has 1 N–H and O–H groups in total. The van der Waals surface area contributed by atoms with Crippen molar-refractivity contribution in [3.05, 3.63) is 56.1 Å². The highest BCUT2D eigenvalue weighted by atomic mass is 35.5. The fraction of sp³-hybridized carbons (Fsp3) is 0.267. The Morgan fingerprint density at radius 1 is 1.32 bits per heavy atom. The molecule has 1 unspecified atom stereocenters. The minimum absolute atomic E-state index is 0.0303. The van der Waals surface area contributed by atoms with E-state index in [1.54, 1.807) is 0 Å².